The number of hydrogen-bond acceptors (Lipinski definition) is 3. The highest BCUT2D eigenvalue weighted by Gasteiger charge is 2.50. The van der Waals surface area contributed by atoms with Crippen molar-refractivity contribution in [2.45, 2.75) is 52.2 Å². The van der Waals surface area contributed by atoms with E-state index in [1.165, 1.54) is 0 Å². The average molecular weight is 226 g/mol. The first-order valence-electron chi connectivity index (χ1n) is 5.80. The quantitative estimate of drug-likeness (QED) is 0.704. The zero-order chi connectivity index (χ0) is 12.6. The molecule has 3 nitrogen and oxygen atoms in total. The molecule has 1 aliphatic rings. The molecule has 0 aromatic carbocycles. The van der Waals surface area contributed by atoms with Crippen LogP contribution in [0.15, 0.2) is 12.2 Å². The zero-order valence-corrected chi connectivity index (χ0v) is 10.5. The van der Waals surface area contributed by atoms with E-state index in [9.17, 15) is 15.0 Å². The second-order valence-electron chi connectivity index (χ2n) is 5.63. The lowest BCUT2D eigenvalue weighted by Gasteiger charge is -2.48. The van der Waals surface area contributed by atoms with Crippen LogP contribution >= 0.6 is 0 Å². The largest absolute Gasteiger partial charge is 0.389 e. The monoisotopic (exact) mass is 226 g/mol. The third-order valence-corrected chi connectivity index (χ3v) is 3.64. The van der Waals surface area contributed by atoms with Gasteiger partial charge in [0.25, 0.3) is 0 Å². The molecule has 1 rings (SSSR count). The van der Waals surface area contributed by atoms with E-state index in [1.807, 2.05) is 20.8 Å². The van der Waals surface area contributed by atoms with Gasteiger partial charge < -0.3 is 10.2 Å². The summed E-state index contributed by atoms with van der Waals surface area (Å²) in [7, 11) is 0. The minimum absolute atomic E-state index is 0.112. The Hall–Kier alpha value is -0.670. The first-order chi connectivity index (χ1) is 7.19. The summed E-state index contributed by atoms with van der Waals surface area (Å²) in [5, 5.41) is 19.9. The molecule has 0 saturated heterocycles. The van der Waals surface area contributed by atoms with Crippen molar-refractivity contribution in [1.29, 1.82) is 0 Å². The normalized spacial score (nSPS) is 36.6. The van der Waals surface area contributed by atoms with Gasteiger partial charge in [-0.2, -0.15) is 0 Å². The SMILES string of the molecule is C[C@@H]1CC(=O)CC(C)(C)[C@@]1(O)/C=C/[C@@H](C)O. The fourth-order valence-electron chi connectivity index (χ4n) is 2.55. The third-order valence-electron chi connectivity index (χ3n) is 3.64. The first-order valence-corrected chi connectivity index (χ1v) is 5.80. The number of aliphatic hydroxyl groups excluding tert-OH is 1. The smallest absolute Gasteiger partial charge is 0.133 e. The molecule has 3 heteroatoms. The van der Waals surface area contributed by atoms with Crippen LogP contribution in [0.5, 0.6) is 0 Å². The molecule has 0 aromatic heterocycles. The summed E-state index contributed by atoms with van der Waals surface area (Å²) in [5.74, 6) is 0.0892. The van der Waals surface area contributed by atoms with Gasteiger partial charge in [0.05, 0.1) is 11.7 Å². The standard InChI is InChI=1S/C13H22O3/c1-9-7-11(15)8-12(3,4)13(9,16)6-5-10(2)14/h5-6,9-10,14,16H,7-8H2,1-4H3/b6-5+/t9-,10-,13-/m1/s1. The van der Waals surface area contributed by atoms with Gasteiger partial charge >= 0.3 is 0 Å². The van der Waals surface area contributed by atoms with Crippen molar-refractivity contribution >= 4 is 5.78 Å². The molecule has 0 aliphatic heterocycles. The van der Waals surface area contributed by atoms with Crippen molar-refractivity contribution in [2.24, 2.45) is 11.3 Å². The molecule has 0 aromatic rings. The van der Waals surface area contributed by atoms with E-state index >= 15 is 0 Å². The maximum atomic E-state index is 11.5. The Morgan fingerprint density at radius 3 is 2.50 bits per heavy atom. The minimum Gasteiger partial charge on any atom is -0.389 e. The maximum Gasteiger partial charge on any atom is 0.133 e. The Morgan fingerprint density at radius 1 is 1.50 bits per heavy atom. The highest BCUT2D eigenvalue weighted by atomic mass is 16.3. The van der Waals surface area contributed by atoms with Crippen LogP contribution in [0.2, 0.25) is 0 Å². The lowest BCUT2D eigenvalue weighted by Crippen LogP contribution is -2.53. The van der Waals surface area contributed by atoms with E-state index in [-0.39, 0.29) is 11.7 Å². The van der Waals surface area contributed by atoms with Crippen molar-refractivity contribution in [3.05, 3.63) is 12.2 Å². The third kappa shape index (κ3) is 2.36. The predicted molar refractivity (Wildman–Crippen MR) is 63.0 cm³/mol. The number of aliphatic hydroxyl groups is 2. The number of ketones is 1. The van der Waals surface area contributed by atoms with E-state index in [0.717, 1.165) is 0 Å². The van der Waals surface area contributed by atoms with Crippen LogP contribution in [0.25, 0.3) is 0 Å². The molecule has 0 heterocycles. The summed E-state index contributed by atoms with van der Waals surface area (Å²) in [6.45, 7) is 7.32. The summed E-state index contributed by atoms with van der Waals surface area (Å²) in [4.78, 5) is 11.5. The first kappa shape index (κ1) is 13.4. The van der Waals surface area contributed by atoms with Crippen molar-refractivity contribution in [1.82, 2.24) is 0 Å². The summed E-state index contributed by atoms with van der Waals surface area (Å²) in [6, 6.07) is 0. The van der Waals surface area contributed by atoms with Crippen LogP contribution in [0.3, 0.4) is 0 Å². The zero-order valence-electron chi connectivity index (χ0n) is 10.5. The van der Waals surface area contributed by atoms with Gasteiger partial charge in [0.15, 0.2) is 0 Å². The van der Waals surface area contributed by atoms with Crippen molar-refractivity contribution < 1.29 is 15.0 Å². The second kappa shape index (κ2) is 4.30. The van der Waals surface area contributed by atoms with Gasteiger partial charge in [-0.3, -0.25) is 4.79 Å². The molecule has 1 aliphatic carbocycles. The van der Waals surface area contributed by atoms with E-state index < -0.39 is 17.1 Å². The molecule has 0 radical (unpaired) electrons. The molecule has 0 amide bonds. The fraction of sp³-hybridized carbons (Fsp3) is 0.769. The van der Waals surface area contributed by atoms with Gasteiger partial charge in [0.1, 0.15) is 5.78 Å². The minimum atomic E-state index is -1.02. The van der Waals surface area contributed by atoms with Crippen molar-refractivity contribution in [3.63, 3.8) is 0 Å². The fourth-order valence-corrected chi connectivity index (χ4v) is 2.55. The summed E-state index contributed by atoms with van der Waals surface area (Å²) >= 11 is 0. The van der Waals surface area contributed by atoms with Gasteiger partial charge in [-0.25, -0.2) is 0 Å². The van der Waals surface area contributed by atoms with Gasteiger partial charge in [-0.15, -0.1) is 0 Å². The van der Waals surface area contributed by atoms with Gasteiger partial charge in [0, 0.05) is 18.3 Å². The van der Waals surface area contributed by atoms with E-state index in [2.05, 4.69) is 0 Å². The number of carbonyl (C=O) groups is 1. The molecule has 0 spiro atoms. The average Bonchev–Trinajstić information content (AvgIpc) is 2.10. The molecule has 16 heavy (non-hydrogen) atoms. The number of hydrogen-bond donors (Lipinski definition) is 2. The summed E-state index contributed by atoms with van der Waals surface area (Å²) < 4.78 is 0. The lowest BCUT2D eigenvalue weighted by molar-refractivity contribution is -0.142. The highest BCUT2D eigenvalue weighted by molar-refractivity contribution is 5.81. The molecule has 92 valence electrons. The van der Waals surface area contributed by atoms with Gasteiger partial charge in [0.2, 0.25) is 0 Å². The molecule has 2 N–H and O–H groups in total. The molecule has 1 saturated carbocycles. The Bertz CT molecular complexity index is 304. The Labute approximate surface area is 97.2 Å². The van der Waals surface area contributed by atoms with Crippen LogP contribution in [0.4, 0.5) is 0 Å². The molecule has 3 atom stereocenters. The number of carbonyl (C=O) groups excluding carboxylic acids is 1. The lowest BCUT2D eigenvalue weighted by atomic mass is 9.60. The van der Waals surface area contributed by atoms with Crippen LogP contribution < -0.4 is 0 Å². The number of Topliss-reactive ketones (excluding diaryl/α,β-unsaturated/α-hetero) is 1. The van der Waals surface area contributed by atoms with E-state index in [0.29, 0.717) is 12.8 Å². The molecular weight excluding hydrogens is 204 g/mol. The topological polar surface area (TPSA) is 57.5 Å². The van der Waals surface area contributed by atoms with Crippen molar-refractivity contribution in [3.8, 4) is 0 Å². The molecule has 1 fully saturated rings. The van der Waals surface area contributed by atoms with Crippen LogP contribution in [0, 0.1) is 11.3 Å². The van der Waals surface area contributed by atoms with Gasteiger partial charge in [-0.05, 0) is 12.8 Å². The van der Waals surface area contributed by atoms with Crippen LogP contribution in [-0.4, -0.2) is 27.7 Å². The Morgan fingerprint density at radius 2 is 2.06 bits per heavy atom. The molecular formula is C13H22O3. The molecule has 0 bridgehead atoms. The highest BCUT2D eigenvalue weighted by Crippen LogP contribution is 2.46. The van der Waals surface area contributed by atoms with Crippen molar-refractivity contribution in [2.75, 3.05) is 0 Å². The van der Waals surface area contributed by atoms with E-state index in [1.54, 1.807) is 19.1 Å². The van der Waals surface area contributed by atoms with Gasteiger partial charge in [-0.1, -0.05) is 32.9 Å². The van der Waals surface area contributed by atoms with Crippen LogP contribution in [0.1, 0.15) is 40.5 Å². The predicted octanol–water partition coefficient (Wildman–Crippen LogP) is 1.68. The van der Waals surface area contributed by atoms with Crippen LogP contribution in [-0.2, 0) is 4.79 Å². The summed E-state index contributed by atoms with van der Waals surface area (Å²) in [5.41, 5.74) is -1.50. The Kier molecular flexibility index (Phi) is 3.60. The second-order valence-corrected chi connectivity index (χ2v) is 5.63. The maximum absolute atomic E-state index is 11.5. The van der Waals surface area contributed by atoms with E-state index in [4.69, 9.17) is 0 Å². The number of rotatable bonds is 2. The molecule has 0 unspecified atom stereocenters. The summed E-state index contributed by atoms with van der Waals surface area (Å²) in [6.07, 6.45) is 3.47. The Balaban J connectivity index is 3.02.